The van der Waals surface area contributed by atoms with Gasteiger partial charge in [0.2, 0.25) is 0 Å². The number of likely N-dealkylation sites (tertiary alicyclic amines) is 1. The van der Waals surface area contributed by atoms with Gasteiger partial charge in [0, 0.05) is 55.2 Å². The Morgan fingerprint density at radius 2 is 1.61 bits per heavy atom. The predicted octanol–water partition coefficient (Wildman–Crippen LogP) is 3.63. The van der Waals surface area contributed by atoms with Gasteiger partial charge >= 0.3 is 0 Å². The smallest absolute Gasteiger partial charge is 0.273 e. The van der Waals surface area contributed by atoms with Crippen molar-refractivity contribution < 1.29 is 9.59 Å². The molecule has 0 bridgehead atoms. The molecular weight excluding hydrogens is 432 g/mol. The maximum atomic E-state index is 13.2. The van der Waals surface area contributed by atoms with E-state index in [1.54, 1.807) is 5.51 Å². The van der Waals surface area contributed by atoms with Gasteiger partial charge in [-0.2, -0.15) is 0 Å². The molecule has 0 N–H and O–H groups in total. The third-order valence-electron chi connectivity index (χ3n) is 7.30. The Labute approximate surface area is 197 Å². The van der Waals surface area contributed by atoms with Crippen molar-refractivity contribution in [3.8, 4) is 11.1 Å². The number of benzene rings is 2. The quantitative estimate of drug-likeness (QED) is 0.599. The molecule has 6 rings (SSSR count). The molecule has 1 aliphatic carbocycles. The van der Waals surface area contributed by atoms with E-state index in [1.807, 2.05) is 57.6 Å². The minimum Gasteiger partial charge on any atom is -0.336 e. The highest BCUT2D eigenvalue weighted by atomic mass is 32.1. The maximum Gasteiger partial charge on any atom is 0.273 e. The van der Waals surface area contributed by atoms with Crippen molar-refractivity contribution in [1.82, 2.24) is 19.7 Å². The van der Waals surface area contributed by atoms with Gasteiger partial charge in [0.15, 0.2) is 0 Å². The van der Waals surface area contributed by atoms with Crippen LogP contribution in [0.1, 0.15) is 33.7 Å². The predicted molar refractivity (Wildman–Crippen MR) is 128 cm³/mol. The molecule has 1 saturated carbocycles. The Morgan fingerprint density at radius 3 is 2.27 bits per heavy atom. The molecule has 2 saturated heterocycles. The Hall–Kier alpha value is -3.03. The molecule has 3 aromatic rings. The molecule has 3 heterocycles. The standard InChI is InChI=1S/C26H26N4O2S/c31-24(21-8-6-20(7-9-21)19-4-2-1-3-5-19)28-12-13-30(26(17-28)10-11-26)22-14-29(15-22)25(32)23-16-33-18-27-23/h1-9,16,18,22H,10-15,17H2. The van der Waals surface area contributed by atoms with Crippen LogP contribution in [-0.2, 0) is 0 Å². The second-order valence-electron chi connectivity index (χ2n) is 9.33. The Morgan fingerprint density at radius 1 is 0.879 bits per heavy atom. The van der Waals surface area contributed by atoms with Crippen LogP contribution in [0.15, 0.2) is 65.5 Å². The van der Waals surface area contributed by atoms with Crippen LogP contribution < -0.4 is 0 Å². The molecule has 1 spiro atoms. The number of thiazole rings is 1. The summed E-state index contributed by atoms with van der Waals surface area (Å²) in [5, 5.41) is 1.81. The molecule has 3 aliphatic rings. The lowest BCUT2D eigenvalue weighted by atomic mass is 9.99. The number of hydrogen-bond donors (Lipinski definition) is 0. The lowest BCUT2D eigenvalue weighted by molar-refractivity contribution is -0.0269. The first-order valence-electron chi connectivity index (χ1n) is 11.5. The second-order valence-corrected chi connectivity index (χ2v) is 10.0. The molecule has 1 aromatic heterocycles. The fourth-order valence-electron chi connectivity index (χ4n) is 5.24. The van der Waals surface area contributed by atoms with E-state index < -0.39 is 0 Å². The fourth-order valence-corrected chi connectivity index (χ4v) is 5.77. The van der Waals surface area contributed by atoms with Crippen molar-refractivity contribution in [1.29, 1.82) is 0 Å². The first-order valence-corrected chi connectivity index (χ1v) is 12.5. The van der Waals surface area contributed by atoms with Crippen LogP contribution in [0.25, 0.3) is 11.1 Å². The Bertz CT molecular complexity index is 1150. The molecule has 7 heteroatoms. The third kappa shape index (κ3) is 3.75. The fraction of sp³-hybridized carbons (Fsp3) is 0.346. The Balaban J connectivity index is 1.08. The summed E-state index contributed by atoms with van der Waals surface area (Å²) in [5.74, 6) is 0.152. The van der Waals surface area contributed by atoms with Crippen molar-refractivity contribution in [2.45, 2.75) is 24.4 Å². The average molecular weight is 459 g/mol. The van der Waals surface area contributed by atoms with E-state index in [0.717, 1.165) is 62.3 Å². The van der Waals surface area contributed by atoms with Crippen LogP contribution in [0.2, 0.25) is 0 Å². The van der Waals surface area contributed by atoms with E-state index in [-0.39, 0.29) is 17.4 Å². The number of piperazine rings is 1. The van der Waals surface area contributed by atoms with Crippen molar-refractivity contribution in [3.63, 3.8) is 0 Å². The topological polar surface area (TPSA) is 56.8 Å². The third-order valence-corrected chi connectivity index (χ3v) is 7.89. The molecule has 2 aliphatic heterocycles. The number of nitrogens with zero attached hydrogens (tertiary/aromatic N) is 4. The summed E-state index contributed by atoms with van der Waals surface area (Å²) < 4.78 is 0. The van der Waals surface area contributed by atoms with Gasteiger partial charge in [-0.15, -0.1) is 11.3 Å². The van der Waals surface area contributed by atoms with Gasteiger partial charge < -0.3 is 9.80 Å². The highest BCUT2D eigenvalue weighted by Gasteiger charge is 2.56. The lowest BCUT2D eigenvalue weighted by Gasteiger charge is -2.52. The summed E-state index contributed by atoms with van der Waals surface area (Å²) in [7, 11) is 0. The van der Waals surface area contributed by atoms with Crippen molar-refractivity contribution in [2.24, 2.45) is 0 Å². The van der Waals surface area contributed by atoms with E-state index in [0.29, 0.717) is 11.7 Å². The number of amides is 2. The monoisotopic (exact) mass is 458 g/mol. The van der Waals surface area contributed by atoms with Crippen molar-refractivity contribution in [3.05, 3.63) is 76.7 Å². The maximum absolute atomic E-state index is 13.2. The van der Waals surface area contributed by atoms with Gasteiger partial charge in [-0.3, -0.25) is 14.5 Å². The van der Waals surface area contributed by atoms with Crippen LogP contribution in [0.4, 0.5) is 0 Å². The summed E-state index contributed by atoms with van der Waals surface area (Å²) in [5.41, 5.74) is 5.38. The van der Waals surface area contributed by atoms with Gasteiger partial charge in [-0.05, 0) is 36.1 Å². The van der Waals surface area contributed by atoms with Crippen molar-refractivity contribution >= 4 is 23.2 Å². The summed E-state index contributed by atoms with van der Waals surface area (Å²) in [4.78, 5) is 36.4. The average Bonchev–Trinajstić information content (AvgIpc) is 3.36. The molecule has 0 atom stereocenters. The van der Waals surface area contributed by atoms with E-state index in [2.05, 4.69) is 22.0 Å². The van der Waals surface area contributed by atoms with Crippen LogP contribution in [0.3, 0.4) is 0 Å². The van der Waals surface area contributed by atoms with Gasteiger partial charge in [-0.1, -0.05) is 42.5 Å². The normalized spacial score (nSPS) is 20.0. The van der Waals surface area contributed by atoms with Crippen LogP contribution in [0.5, 0.6) is 0 Å². The van der Waals surface area contributed by atoms with E-state index in [4.69, 9.17) is 0 Å². The zero-order valence-corrected chi connectivity index (χ0v) is 19.2. The number of rotatable bonds is 4. The van der Waals surface area contributed by atoms with Gasteiger partial charge in [0.05, 0.1) is 5.51 Å². The second kappa shape index (κ2) is 8.08. The van der Waals surface area contributed by atoms with E-state index in [9.17, 15) is 9.59 Å². The molecule has 6 nitrogen and oxygen atoms in total. The number of hydrogen-bond acceptors (Lipinski definition) is 5. The van der Waals surface area contributed by atoms with Gasteiger partial charge in [-0.25, -0.2) is 4.98 Å². The zero-order valence-electron chi connectivity index (χ0n) is 18.4. The summed E-state index contributed by atoms with van der Waals surface area (Å²) in [6, 6.07) is 18.6. The van der Waals surface area contributed by atoms with Crippen LogP contribution in [0, 0.1) is 0 Å². The van der Waals surface area contributed by atoms with Gasteiger partial charge in [0.25, 0.3) is 11.8 Å². The number of aromatic nitrogens is 1. The van der Waals surface area contributed by atoms with E-state index >= 15 is 0 Å². The minimum absolute atomic E-state index is 0.0325. The molecule has 2 amide bonds. The highest BCUT2D eigenvalue weighted by molar-refractivity contribution is 7.07. The summed E-state index contributed by atoms with van der Waals surface area (Å²) >= 11 is 1.45. The van der Waals surface area contributed by atoms with Crippen LogP contribution in [-0.4, -0.2) is 75.8 Å². The highest BCUT2D eigenvalue weighted by Crippen LogP contribution is 2.46. The molecule has 3 fully saturated rings. The molecule has 0 unspecified atom stereocenters. The first kappa shape index (κ1) is 20.6. The molecular formula is C26H26N4O2S. The zero-order chi connectivity index (χ0) is 22.4. The minimum atomic E-state index is 0.0325. The molecule has 33 heavy (non-hydrogen) atoms. The Kier molecular flexibility index (Phi) is 5.03. The molecule has 2 aromatic carbocycles. The number of carbonyl (C=O) groups excluding carboxylic acids is 2. The molecule has 0 radical (unpaired) electrons. The first-order chi connectivity index (χ1) is 16.1. The molecule has 168 valence electrons. The van der Waals surface area contributed by atoms with Gasteiger partial charge in [0.1, 0.15) is 5.69 Å². The SMILES string of the molecule is O=C(c1ccc(-c2ccccc2)cc1)N1CCN(C2CN(C(=O)c3cscn3)C2)C2(CC2)C1. The van der Waals surface area contributed by atoms with Crippen LogP contribution >= 0.6 is 11.3 Å². The summed E-state index contributed by atoms with van der Waals surface area (Å²) in [6.45, 7) is 3.90. The summed E-state index contributed by atoms with van der Waals surface area (Å²) in [6.07, 6.45) is 2.25. The number of carbonyl (C=O) groups is 2. The van der Waals surface area contributed by atoms with Crippen molar-refractivity contribution in [2.75, 3.05) is 32.7 Å². The largest absolute Gasteiger partial charge is 0.336 e. The van der Waals surface area contributed by atoms with E-state index in [1.165, 1.54) is 11.3 Å². The lowest BCUT2D eigenvalue weighted by Crippen LogP contribution is -2.68.